The first-order valence-corrected chi connectivity index (χ1v) is 8.06. The van der Waals surface area contributed by atoms with Gasteiger partial charge in [-0.2, -0.15) is 0 Å². The molecular formula is C19H20N4O2. The first-order chi connectivity index (χ1) is 11.6. The molecule has 0 aliphatic rings. The predicted molar refractivity (Wildman–Crippen MR) is 94.5 cm³/mol. The van der Waals surface area contributed by atoms with Crippen molar-refractivity contribution in [2.24, 2.45) is 0 Å². The summed E-state index contributed by atoms with van der Waals surface area (Å²) in [7, 11) is 0. The van der Waals surface area contributed by atoms with E-state index in [4.69, 9.17) is 0 Å². The van der Waals surface area contributed by atoms with Crippen LogP contribution in [0.5, 0.6) is 5.88 Å². The van der Waals surface area contributed by atoms with Crippen LogP contribution in [0, 0.1) is 6.92 Å². The Bertz CT molecular complexity index is 1050. The van der Waals surface area contributed by atoms with Crippen molar-refractivity contribution in [2.45, 2.75) is 26.7 Å². The Morgan fingerprint density at radius 1 is 1.04 bits per heavy atom. The minimum atomic E-state index is 0. The fourth-order valence-corrected chi connectivity index (χ4v) is 3.00. The lowest BCUT2D eigenvalue weighted by molar-refractivity contribution is -0.556. The van der Waals surface area contributed by atoms with Gasteiger partial charge in [-0.3, -0.25) is 0 Å². The summed E-state index contributed by atoms with van der Waals surface area (Å²) in [5.74, 6) is 0.567. The van der Waals surface area contributed by atoms with E-state index in [1.54, 1.807) is 9.20 Å². The maximum Gasteiger partial charge on any atom is 0.361 e. The number of aryl methyl sites for hydroxylation is 1. The maximum atomic E-state index is 10.7. The third-order valence-electron chi connectivity index (χ3n) is 4.35. The molecule has 0 atom stereocenters. The monoisotopic (exact) mass is 336 g/mol. The van der Waals surface area contributed by atoms with Crippen LogP contribution in [0.4, 0.5) is 0 Å². The average molecular weight is 336 g/mol. The lowest BCUT2D eigenvalue weighted by Gasteiger charge is -2.04. The second-order valence-electron chi connectivity index (χ2n) is 6.32. The summed E-state index contributed by atoms with van der Waals surface area (Å²) in [6, 6.07) is 15.9. The third kappa shape index (κ3) is 2.60. The topological polar surface area (TPSA) is 85.0 Å². The van der Waals surface area contributed by atoms with Gasteiger partial charge in [0.05, 0.1) is 5.69 Å². The number of rotatable bonds is 2. The first kappa shape index (κ1) is 16.9. The summed E-state index contributed by atoms with van der Waals surface area (Å²) in [4.78, 5) is 4.57. The van der Waals surface area contributed by atoms with Crippen molar-refractivity contribution in [1.82, 2.24) is 14.9 Å². The zero-order chi connectivity index (χ0) is 16.8. The van der Waals surface area contributed by atoms with E-state index in [1.807, 2.05) is 43.3 Å². The number of hydrogen-bond acceptors (Lipinski definition) is 4. The zero-order valence-corrected chi connectivity index (χ0v) is 14.4. The summed E-state index contributed by atoms with van der Waals surface area (Å²) >= 11 is 0. The predicted octanol–water partition coefficient (Wildman–Crippen LogP) is 3.12. The molecule has 0 aliphatic carbocycles. The van der Waals surface area contributed by atoms with Crippen LogP contribution in [0.1, 0.15) is 31.0 Å². The summed E-state index contributed by atoms with van der Waals surface area (Å²) in [6.07, 6.45) is 0. The summed E-state index contributed by atoms with van der Waals surface area (Å²) < 4.78 is 3.31. The molecule has 0 amide bonds. The van der Waals surface area contributed by atoms with E-state index in [-0.39, 0.29) is 11.4 Å². The van der Waals surface area contributed by atoms with Crippen LogP contribution >= 0.6 is 0 Å². The molecule has 0 saturated carbocycles. The molecule has 2 N–H and O–H groups in total. The smallest absolute Gasteiger partial charge is 0.361 e. The lowest BCUT2D eigenvalue weighted by Crippen LogP contribution is -2.27. The van der Waals surface area contributed by atoms with Crippen LogP contribution in [0.3, 0.4) is 0 Å². The van der Waals surface area contributed by atoms with E-state index in [0.29, 0.717) is 11.4 Å². The molecule has 2 aromatic heterocycles. The van der Waals surface area contributed by atoms with Gasteiger partial charge in [0.1, 0.15) is 10.7 Å². The van der Waals surface area contributed by atoms with E-state index in [2.05, 4.69) is 36.2 Å². The Balaban J connectivity index is 0.00000182. The Kier molecular flexibility index (Phi) is 4.14. The van der Waals surface area contributed by atoms with E-state index in [9.17, 15) is 5.11 Å². The van der Waals surface area contributed by atoms with Crippen LogP contribution in [-0.4, -0.2) is 25.5 Å². The van der Waals surface area contributed by atoms with Crippen molar-refractivity contribution in [3.05, 3.63) is 59.8 Å². The van der Waals surface area contributed by atoms with E-state index >= 15 is 0 Å². The highest BCUT2D eigenvalue weighted by Gasteiger charge is 2.25. The maximum absolute atomic E-state index is 10.7. The van der Waals surface area contributed by atoms with Crippen molar-refractivity contribution in [3.8, 4) is 11.6 Å². The highest BCUT2D eigenvalue weighted by molar-refractivity contribution is 5.74. The highest BCUT2D eigenvalue weighted by Crippen LogP contribution is 2.24. The normalized spacial score (nSPS) is 11.2. The van der Waals surface area contributed by atoms with Crippen molar-refractivity contribution >= 4 is 16.6 Å². The number of nitrogens with zero attached hydrogens (tertiary/aromatic N) is 4. The molecule has 0 unspecified atom stereocenters. The van der Waals surface area contributed by atoms with Crippen LogP contribution in [-0.2, 0) is 0 Å². The third-order valence-corrected chi connectivity index (χ3v) is 4.35. The highest BCUT2D eigenvalue weighted by atomic mass is 16.3. The van der Waals surface area contributed by atoms with Gasteiger partial charge < -0.3 is 10.6 Å². The number of para-hydroxylation sites is 2. The SMILES string of the molecule is Cc1nc2ccccc2[n+]2nn(-c3ccc(C(C)C)cc3)c(O)c12.[OH-]. The molecule has 6 heteroatoms. The van der Waals surface area contributed by atoms with E-state index in [0.717, 1.165) is 22.4 Å². The fourth-order valence-electron chi connectivity index (χ4n) is 3.00. The average Bonchev–Trinajstić information content (AvgIpc) is 2.93. The number of hydrogen-bond donors (Lipinski definition) is 1. The Hall–Kier alpha value is -2.99. The second kappa shape index (κ2) is 6.14. The first-order valence-electron chi connectivity index (χ1n) is 8.06. The van der Waals surface area contributed by atoms with Crippen LogP contribution in [0.2, 0.25) is 0 Å². The summed E-state index contributed by atoms with van der Waals surface area (Å²) in [5.41, 5.74) is 5.17. The standard InChI is InChI=1S/C19H18N4O.H2O/c1-12(2)14-8-10-15(11-9-14)22-19(24)18-13(3)20-16-6-4-5-7-17(16)23(18)21-22;/h4-12H,1-3H3;1H2. The quantitative estimate of drug-likeness (QED) is 0.570. The Labute approximate surface area is 145 Å². The molecule has 0 radical (unpaired) electrons. The molecule has 0 saturated heterocycles. The van der Waals surface area contributed by atoms with Gasteiger partial charge in [-0.1, -0.05) is 47.3 Å². The largest absolute Gasteiger partial charge is 0.870 e. The van der Waals surface area contributed by atoms with Gasteiger partial charge in [0, 0.05) is 0 Å². The Morgan fingerprint density at radius 2 is 1.72 bits per heavy atom. The molecule has 0 fully saturated rings. The van der Waals surface area contributed by atoms with Gasteiger partial charge in [-0.05, 0) is 42.7 Å². The minimum absolute atomic E-state index is 0. The van der Waals surface area contributed by atoms with Crippen LogP contribution < -0.4 is 4.52 Å². The van der Waals surface area contributed by atoms with E-state index in [1.165, 1.54) is 5.56 Å². The van der Waals surface area contributed by atoms with Crippen LogP contribution in [0.25, 0.3) is 22.2 Å². The molecule has 0 bridgehead atoms. The van der Waals surface area contributed by atoms with Gasteiger partial charge in [-0.15, -0.1) is 0 Å². The molecule has 128 valence electrons. The van der Waals surface area contributed by atoms with Crippen molar-refractivity contribution < 1.29 is 15.1 Å². The lowest BCUT2D eigenvalue weighted by atomic mass is 10.0. The number of benzene rings is 2. The zero-order valence-electron chi connectivity index (χ0n) is 14.4. The van der Waals surface area contributed by atoms with Gasteiger partial charge in [0.2, 0.25) is 0 Å². The van der Waals surface area contributed by atoms with Crippen molar-refractivity contribution in [2.75, 3.05) is 0 Å². The molecule has 4 aromatic rings. The molecule has 25 heavy (non-hydrogen) atoms. The minimum Gasteiger partial charge on any atom is -0.870 e. The molecule has 2 aromatic carbocycles. The molecule has 2 heterocycles. The number of aromatic hydroxyl groups is 1. The summed E-state index contributed by atoms with van der Waals surface area (Å²) in [6.45, 7) is 6.20. The number of fused-ring (bicyclic) bond motifs is 3. The number of aromatic nitrogens is 4. The molecule has 6 nitrogen and oxygen atoms in total. The second-order valence-corrected chi connectivity index (χ2v) is 6.32. The van der Waals surface area contributed by atoms with Crippen molar-refractivity contribution in [3.63, 3.8) is 0 Å². The molecular weight excluding hydrogens is 316 g/mol. The fraction of sp³-hybridized carbons (Fsp3) is 0.211. The van der Waals surface area contributed by atoms with Gasteiger partial charge in [0.15, 0.2) is 11.2 Å². The van der Waals surface area contributed by atoms with Gasteiger partial charge in [0.25, 0.3) is 5.52 Å². The molecule has 4 rings (SSSR count). The summed E-state index contributed by atoms with van der Waals surface area (Å²) in [5, 5.41) is 15.3. The Morgan fingerprint density at radius 3 is 2.40 bits per heavy atom. The van der Waals surface area contributed by atoms with Gasteiger partial charge in [-0.25, -0.2) is 4.98 Å². The van der Waals surface area contributed by atoms with Crippen LogP contribution in [0.15, 0.2) is 48.5 Å². The van der Waals surface area contributed by atoms with Crippen molar-refractivity contribution in [1.29, 1.82) is 0 Å². The molecule has 0 spiro atoms. The van der Waals surface area contributed by atoms with Gasteiger partial charge >= 0.3 is 5.88 Å². The van der Waals surface area contributed by atoms with E-state index < -0.39 is 0 Å². The molecule has 0 aliphatic heterocycles.